The summed E-state index contributed by atoms with van der Waals surface area (Å²) < 4.78 is 34.4. The number of nitrogens with zero attached hydrogens (tertiary/aromatic N) is 3. The third-order valence-electron chi connectivity index (χ3n) is 2.88. The van der Waals surface area contributed by atoms with Crippen LogP contribution in [0.2, 0.25) is 0 Å². The van der Waals surface area contributed by atoms with E-state index in [-0.39, 0.29) is 12.0 Å². The molecule has 0 saturated carbocycles. The van der Waals surface area contributed by atoms with Gasteiger partial charge in [-0.3, -0.25) is 4.55 Å². The van der Waals surface area contributed by atoms with E-state index in [0.717, 1.165) is 18.1 Å². The van der Waals surface area contributed by atoms with E-state index in [1.165, 1.54) is 6.08 Å². The Morgan fingerprint density at radius 1 is 1.60 bits per heavy atom. The van der Waals surface area contributed by atoms with Gasteiger partial charge >= 0.3 is 10.4 Å². The first-order valence-electron chi connectivity index (χ1n) is 5.90. The van der Waals surface area contributed by atoms with Crippen molar-refractivity contribution in [2.24, 2.45) is 16.5 Å². The van der Waals surface area contributed by atoms with E-state index >= 15 is 0 Å². The molecule has 9 nitrogen and oxygen atoms in total. The normalized spacial score (nSPS) is 28.1. The molecule has 0 aromatic rings. The van der Waals surface area contributed by atoms with Crippen molar-refractivity contribution >= 4 is 28.1 Å². The van der Waals surface area contributed by atoms with Crippen molar-refractivity contribution in [1.29, 1.82) is 0 Å². The molecule has 0 amide bonds. The molecule has 114 valence electrons. The Balaban J connectivity index is 2.17. The Morgan fingerprint density at radius 2 is 2.30 bits per heavy atom. The minimum Gasteiger partial charge on any atom is -0.368 e. The van der Waals surface area contributed by atoms with Crippen LogP contribution in [0.3, 0.4) is 0 Å². The van der Waals surface area contributed by atoms with E-state index in [0.29, 0.717) is 10.9 Å². The van der Waals surface area contributed by atoms with Gasteiger partial charge in [0, 0.05) is 24.1 Å². The van der Waals surface area contributed by atoms with Crippen LogP contribution in [0.15, 0.2) is 16.9 Å². The summed E-state index contributed by atoms with van der Waals surface area (Å²) in [6.07, 6.45) is 0.583. The van der Waals surface area contributed by atoms with Crippen LogP contribution in [0.1, 0.15) is 6.92 Å². The molecule has 0 aliphatic carbocycles. The maximum Gasteiger partial charge on any atom is 0.418 e. The predicted octanol–water partition coefficient (Wildman–Crippen LogP) is -1.09. The van der Waals surface area contributed by atoms with Crippen LogP contribution in [0, 0.1) is 0 Å². The molecule has 2 atom stereocenters. The fraction of sp³-hybridized carbons (Fsp3) is 0.667. The van der Waals surface area contributed by atoms with Gasteiger partial charge in [0.15, 0.2) is 0 Å². The number of aliphatic imine (C=N–C) groups is 1. The summed E-state index contributed by atoms with van der Waals surface area (Å²) in [6, 6.07) is 0.276. The van der Waals surface area contributed by atoms with Crippen molar-refractivity contribution in [3.63, 3.8) is 0 Å². The first-order valence-corrected chi connectivity index (χ1v) is 8.42. The summed E-state index contributed by atoms with van der Waals surface area (Å²) in [4.78, 5) is 6.14. The molecule has 2 unspecified atom stereocenters. The van der Waals surface area contributed by atoms with Crippen LogP contribution in [0.4, 0.5) is 0 Å². The minimum absolute atomic E-state index is 0.224. The lowest BCUT2D eigenvalue weighted by molar-refractivity contribution is -0.0134. The van der Waals surface area contributed by atoms with Gasteiger partial charge in [-0.1, -0.05) is 0 Å². The van der Waals surface area contributed by atoms with Gasteiger partial charge in [0.05, 0.1) is 0 Å². The van der Waals surface area contributed by atoms with Gasteiger partial charge in [0.1, 0.15) is 12.0 Å². The zero-order valence-corrected chi connectivity index (χ0v) is 12.5. The van der Waals surface area contributed by atoms with Crippen molar-refractivity contribution in [2.75, 3.05) is 18.1 Å². The van der Waals surface area contributed by atoms with E-state index in [2.05, 4.69) is 16.2 Å². The fourth-order valence-electron chi connectivity index (χ4n) is 1.99. The van der Waals surface area contributed by atoms with Crippen LogP contribution in [0.25, 0.3) is 0 Å². The molecule has 2 aliphatic heterocycles. The van der Waals surface area contributed by atoms with Crippen molar-refractivity contribution in [2.45, 2.75) is 19.1 Å². The lowest BCUT2D eigenvalue weighted by atomic mass is 10.3. The average Bonchev–Trinajstić information content (AvgIpc) is 2.33. The van der Waals surface area contributed by atoms with Crippen LogP contribution >= 0.6 is 11.8 Å². The molecule has 0 bridgehead atoms. The molecule has 0 spiro atoms. The zero-order valence-electron chi connectivity index (χ0n) is 10.8. The largest absolute Gasteiger partial charge is 0.418 e. The number of nitrogens with two attached hydrogens (primary N) is 2. The van der Waals surface area contributed by atoms with Gasteiger partial charge in [-0.25, -0.2) is 0 Å². The van der Waals surface area contributed by atoms with Gasteiger partial charge < -0.3 is 16.4 Å². The third kappa shape index (κ3) is 3.55. The number of rotatable bonds is 3. The number of hydrogen-bond acceptors (Lipinski definition) is 9. The highest BCUT2D eigenvalue weighted by atomic mass is 32.3. The van der Waals surface area contributed by atoms with Crippen LogP contribution < -0.4 is 11.5 Å². The predicted molar refractivity (Wildman–Crippen MR) is 75.6 cm³/mol. The number of guanidine groups is 1. The van der Waals surface area contributed by atoms with Crippen LogP contribution in [0.5, 0.6) is 0 Å². The highest BCUT2D eigenvalue weighted by Gasteiger charge is 2.30. The van der Waals surface area contributed by atoms with Crippen molar-refractivity contribution in [3.8, 4) is 0 Å². The molecule has 2 rings (SSSR count). The van der Waals surface area contributed by atoms with E-state index in [1.807, 2.05) is 16.7 Å². The van der Waals surface area contributed by atoms with E-state index in [9.17, 15) is 8.42 Å². The topological polar surface area (TPSA) is 134 Å². The lowest BCUT2D eigenvalue weighted by Gasteiger charge is -2.38. The standard InChI is InChI=1S/C9H17N5O4S2/c1-6-5-19-3-2-13(6)8-4-7(10)14(9(11)12-8)18-20(15,16)17/h4,6-7H,2-3,5,10H2,1H3,(H2,11,12)(H,15,16,17). The quantitative estimate of drug-likeness (QED) is 0.554. The maximum absolute atomic E-state index is 10.7. The van der Waals surface area contributed by atoms with Crippen molar-refractivity contribution in [1.82, 2.24) is 9.96 Å². The molecule has 1 fully saturated rings. The second-order valence-corrected chi connectivity index (χ2v) is 6.59. The number of thioether (sulfide) groups is 1. The molecule has 11 heteroatoms. The van der Waals surface area contributed by atoms with Gasteiger partial charge in [0.2, 0.25) is 5.96 Å². The van der Waals surface area contributed by atoms with Crippen molar-refractivity contribution in [3.05, 3.63) is 11.9 Å². The van der Waals surface area contributed by atoms with Gasteiger partial charge in [0.25, 0.3) is 0 Å². The average molecular weight is 323 g/mol. The highest BCUT2D eigenvalue weighted by molar-refractivity contribution is 7.99. The molecule has 0 aromatic carbocycles. The van der Waals surface area contributed by atoms with E-state index in [1.54, 1.807) is 0 Å². The summed E-state index contributed by atoms with van der Waals surface area (Å²) in [5.41, 5.74) is 11.4. The molecule has 0 radical (unpaired) electrons. The van der Waals surface area contributed by atoms with E-state index in [4.69, 9.17) is 16.0 Å². The summed E-state index contributed by atoms with van der Waals surface area (Å²) >= 11 is 1.85. The summed E-state index contributed by atoms with van der Waals surface area (Å²) in [5, 5.41) is 0.641. The minimum atomic E-state index is -4.70. The van der Waals surface area contributed by atoms with Crippen LogP contribution in [-0.2, 0) is 14.7 Å². The molecular formula is C9H17N5O4S2. The Morgan fingerprint density at radius 3 is 2.85 bits per heavy atom. The zero-order chi connectivity index (χ0) is 14.9. The molecule has 2 heterocycles. The Bertz CT molecular complexity index is 534. The Labute approximate surface area is 121 Å². The SMILES string of the molecule is CC1CSCCN1C1=CC(N)N(OS(=O)(=O)O)C(N)=N1. The summed E-state index contributed by atoms with van der Waals surface area (Å²) in [5.74, 6) is 2.29. The van der Waals surface area contributed by atoms with Gasteiger partial charge in [-0.15, -0.1) is 4.28 Å². The second kappa shape index (κ2) is 5.77. The highest BCUT2D eigenvalue weighted by Crippen LogP contribution is 2.23. The number of hydroxylamine groups is 2. The van der Waals surface area contributed by atoms with Gasteiger partial charge in [-0.05, 0) is 13.0 Å². The molecular weight excluding hydrogens is 306 g/mol. The fourth-order valence-corrected chi connectivity index (χ4v) is 3.39. The first kappa shape index (κ1) is 15.4. The lowest BCUT2D eigenvalue weighted by Crippen LogP contribution is -2.52. The summed E-state index contributed by atoms with van der Waals surface area (Å²) in [7, 11) is -4.70. The first-order chi connectivity index (χ1) is 9.28. The van der Waals surface area contributed by atoms with Gasteiger partial charge in [-0.2, -0.15) is 30.2 Å². The second-order valence-electron chi connectivity index (χ2n) is 4.43. The summed E-state index contributed by atoms with van der Waals surface area (Å²) in [6.45, 7) is 2.87. The molecule has 1 saturated heterocycles. The Kier molecular flexibility index (Phi) is 4.44. The Hall–Kier alpha value is -1.01. The smallest absolute Gasteiger partial charge is 0.368 e. The molecule has 2 aliphatic rings. The van der Waals surface area contributed by atoms with Crippen LogP contribution in [-0.4, -0.2) is 59.2 Å². The molecule has 0 aromatic heterocycles. The van der Waals surface area contributed by atoms with E-state index < -0.39 is 16.6 Å². The maximum atomic E-state index is 10.7. The molecule has 5 N–H and O–H groups in total. The monoisotopic (exact) mass is 323 g/mol. The third-order valence-corrected chi connectivity index (χ3v) is 4.42. The molecule has 20 heavy (non-hydrogen) atoms. The number of hydrogen-bond donors (Lipinski definition) is 3. The van der Waals surface area contributed by atoms with Crippen molar-refractivity contribution < 1.29 is 17.3 Å².